The predicted molar refractivity (Wildman–Crippen MR) is 117 cm³/mol. The molecule has 174 valence electrons. The molecule has 3 aliphatic rings. The average Bonchev–Trinajstić information content (AvgIpc) is 3.36. The summed E-state index contributed by atoms with van der Waals surface area (Å²) in [4.78, 5) is 41.7. The fraction of sp³-hybridized carbons (Fsp3) is 0.625. The number of β-amino-alcohol motifs (C(OH)–C–C–N with tert-alkyl or cyclic N) is 1. The maximum Gasteiger partial charge on any atom is 0.246 e. The van der Waals surface area contributed by atoms with Gasteiger partial charge in [0.1, 0.15) is 11.6 Å². The van der Waals surface area contributed by atoms with Crippen molar-refractivity contribution < 1.29 is 24.2 Å². The van der Waals surface area contributed by atoms with Crippen molar-refractivity contribution in [1.82, 2.24) is 15.5 Å². The summed E-state index contributed by atoms with van der Waals surface area (Å²) in [5.41, 5.74) is -0.835. The minimum Gasteiger partial charge on any atom is -0.395 e. The molecule has 32 heavy (non-hydrogen) atoms. The number of rotatable bonds is 8. The molecule has 1 aromatic carbocycles. The average molecular weight is 444 g/mol. The van der Waals surface area contributed by atoms with Crippen LogP contribution in [-0.2, 0) is 25.7 Å². The van der Waals surface area contributed by atoms with E-state index in [4.69, 9.17) is 4.74 Å². The predicted octanol–water partition coefficient (Wildman–Crippen LogP) is 0.975. The molecule has 3 heterocycles. The molecule has 1 aromatic rings. The van der Waals surface area contributed by atoms with Crippen LogP contribution in [0.25, 0.3) is 0 Å². The largest absolute Gasteiger partial charge is 0.395 e. The summed E-state index contributed by atoms with van der Waals surface area (Å²) in [6, 6.07) is 8.66. The van der Waals surface area contributed by atoms with Crippen LogP contribution in [0.15, 0.2) is 30.3 Å². The Labute approximate surface area is 188 Å². The van der Waals surface area contributed by atoms with Gasteiger partial charge >= 0.3 is 0 Å². The highest BCUT2D eigenvalue weighted by atomic mass is 16.5. The first-order chi connectivity index (χ1) is 15.3. The van der Waals surface area contributed by atoms with E-state index in [9.17, 15) is 19.5 Å². The smallest absolute Gasteiger partial charge is 0.246 e. The molecule has 0 aliphatic carbocycles. The number of hydrogen-bond donors (Lipinski definition) is 3. The number of carbonyl (C=O) groups is 3. The summed E-state index contributed by atoms with van der Waals surface area (Å²) in [7, 11) is 0. The number of carbonyl (C=O) groups excluding carboxylic acids is 3. The number of amides is 3. The Hall–Kier alpha value is -2.45. The van der Waals surface area contributed by atoms with E-state index in [1.807, 2.05) is 51.1 Å². The van der Waals surface area contributed by atoms with Gasteiger partial charge in [0.25, 0.3) is 0 Å². The zero-order valence-electron chi connectivity index (χ0n) is 19.0. The Bertz CT molecular complexity index is 891. The number of fused-ring (bicyclic) bond motifs is 1. The molecule has 4 rings (SSSR count). The number of hydrogen-bond acceptors (Lipinski definition) is 5. The molecule has 3 fully saturated rings. The highest BCUT2D eigenvalue weighted by Gasteiger charge is 2.78. The van der Waals surface area contributed by atoms with Crippen LogP contribution in [0.1, 0.15) is 45.6 Å². The second-order valence-electron chi connectivity index (χ2n) is 9.46. The van der Waals surface area contributed by atoms with Gasteiger partial charge < -0.3 is 25.4 Å². The molecule has 0 saturated carbocycles. The minimum atomic E-state index is -1.05. The molecular formula is C24H33N3O5. The molecule has 0 aromatic heterocycles. The number of aliphatic hydroxyl groups excluding tert-OH is 1. The van der Waals surface area contributed by atoms with Gasteiger partial charge in [0, 0.05) is 19.1 Å². The van der Waals surface area contributed by atoms with Gasteiger partial charge in [-0.05, 0) is 38.7 Å². The molecule has 5 atom stereocenters. The van der Waals surface area contributed by atoms with Crippen molar-refractivity contribution in [2.45, 2.75) is 69.9 Å². The van der Waals surface area contributed by atoms with E-state index in [2.05, 4.69) is 10.6 Å². The quantitative estimate of drug-likeness (QED) is 0.555. The van der Waals surface area contributed by atoms with Gasteiger partial charge in [-0.25, -0.2) is 0 Å². The first kappa shape index (κ1) is 22.7. The van der Waals surface area contributed by atoms with E-state index in [-0.39, 0.29) is 36.9 Å². The third-order valence-electron chi connectivity index (χ3n) is 7.29. The molecule has 8 heteroatoms. The topological polar surface area (TPSA) is 108 Å². The summed E-state index contributed by atoms with van der Waals surface area (Å²) in [6.07, 6.45) is 1.74. The van der Waals surface area contributed by atoms with Gasteiger partial charge in [-0.3, -0.25) is 14.4 Å². The SMILES string of the molecule is CC[C@@]12CCC3(O1)C(C(=O)NC(C)C)N(CCO)C(=O)[C@@H]3[C@@H]2C(=O)NCc1ccccc1. The second-order valence-corrected chi connectivity index (χ2v) is 9.46. The zero-order chi connectivity index (χ0) is 23.1. The molecule has 3 N–H and O–H groups in total. The van der Waals surface area contributed by atoms with Crippen LogP contribution < -0.4 is 10.6 Å². The first-order valence-electron chi connectivity index (χ1n) is 11.5. The van der Waals surface area contributed by atoms with Crippen molar-refractivity contribution in [3.05, 3.63) is 35.9 Å². The maximum absolute atomic E-state index is 13.6. The van der Waals surface area contributed by atoms with Crippen LogP contribution in [0.4, 0.5) is 0 Å². The van der Waals surface area contributed by atoms with Gasteiger partial charge in [-0.2, -0.15) is 0 Å². The van der Waals surface area contributed by atoms with Crippen LogP contribution in [0.5, 0.6) is 0 Å². The van der Waals surface area contributed by atoms with Crippen molar-refractivity contribution in [3.8, 4) is 0 Å². The van der Waals surface area contributed by atoms with Crippen molar-refractivity contribution in [3.63, 3.8) is 0 Å². The van der Waals surface area contributed by atoms with Crippen molar-refractivity contribution in [1.29, 1.82) is 0 Å². The Kier molecular flexibility index (Phi) is 6.02. The Morgan fingerprint density at radius 3 is 2.56 bits per heavy atom. The van der Waals surface area contributed by atoms with Crippen molar-refractivity contribution in [2.75, 3.05) is 13.2 Å². The van der Waals surface area contributed by atoms with E-state index in [1.165, 1.54) is 4.90 Å². The summed E-state index contributed by atoms with van der Waals surface area (Å²) in [5.74, 6) is -2.19. The molecule has 3 saturated heterocycles. The summed E-state index contributed by atoms with van der Waals surface area (Å²) in [6.45, 7) is 5.83. The number of ether oxygens (including phenoxy) is 1. The number of benzene rings is 1. The van der Waals surface area contributed by atoms with Gasteiger partial charge in [-0.15, -0.1) is 0 Å². The fourth-order valence-electron chi connectivity index (χ4n) is 6.02. The van der Waals surface area contributed by atoms with Crippen LogP contribution in [0.2, 0.25) is 0 Å². The van der Waals surface area contributed by atoms with E-state index in [0.717, 1.165) is 5.56 Å². The number of nitrogens with zero attached hydrogens (tertiary/aromatic N) is 1. The van der Waals surface area contributed by atoms with Gasteiger partial charge in [0.15, 0.2) is 0 Å². The summed E-state index contributed by atoms with van der Waals surface area (Å²) >= 11 is 0. The lowest BCUT2D eigenvalue weighted by Crippen LogP contribution is -2.56. The summed E-state index contributed by atoms with van der Waals surface area (Å²) in [5, 5.41) is 15.5. The van der Waals surface area contributed by atoms with Gasteiger partial charge in [-0.1, -0.05) is 37.3 Å². The van der Waals surface area contributed by atoms with Crippen LogP contribution in [0, 0.1) is 11.8 Å². The monoisotopic (exact) mass is 443 g/mol. The number of likely N-dealkylation sites (tertiary alicyclic amines) is 1. The molecule has 3 aliphatic heterocycles. The van der Waals surface area contributed by atoms with Crippen LogP contribution in [0.3, 0.4) is 0 Å². The highest BCUT2D eigenvalue weighted by molar-refractivity contribution is 5.99. The number of aliphatic hydroxyl groups is 1. The van der Waals surface area contributed by atoms with Crippen LogP contribution in [-0.4, -0.2) is 64.2 Å². The maximum atomic E-state index is 13.6. The molecule has 2 unspecified atom stereocenters. The Morgan fingerprint density at radius 1 is 1.22 bits per heavy atom. The normalized spacial score (nSPS) is 33.0. The highest BCUT2D eigenvalue weighted by Crippen LogP contribution is 2.64. The van der Waals surface area contributed by atoms with Gasteiger partial charge in [0.2, 0.25) is 17.7 Å². The second kappa shape index (κ2) is 8.48. The first-order valence-corrected chi connectivity index (χ1v) is 11.5. The molecule has 0 radical (unpaired) electrons. The van der Waals surface area contributed by atoms with E-state index in [0.29, 0.717) is 25.8 Å². The molecule has 3 amide bonds. The van der Waals surface area contributed by atoms with Crippen molar-refractivity contribution in [2.24, 2.45) is 11.8 Å². The fourth-order valence-corrected chi connectivity index (χ4v) is 6.02. The molecular weight excluding hydrogens is 410 g/mol. The van der Waals surface area contributed by atoms with Crippen molar-refractivity contribution >= 4 is 17.7 Å². The molecule has 8 nitrogen and oxygen atoms in total. The summed E-state index contributed by atoms with van der Waals surface area (Å²) < 4.78 is 6.60. The standard InChI is InChI=1S/C24H33N3O5/c1-4-23-10-11-24(32-23)18(17(23)20(29)25-14-16-8-6-5-7-9-16)22(31)27(12-13-28)19(24)21(30)26-15(2)3/h5-9,15,17-19,28H,4,10-14H2,1-3H3,(H,25,29)(H,26,30)/t17-,18+,19?,23+,24?/m1/s1. The number of nitrogens with one attached hydrogen (secondary N) is 2. The van der Waals surface area contributed by atoms with E-state index < -0.39 is 29.1 Å². The van der Waals surface area contributed by atoms with Gasteiger partial charge in [0.05, 0.1) is 24.0 Å². The Balaban J connectivity index is 1.67. The van der Waals surface area contributed by atoms with Crippen LogP contribution >= 0.6 is 0 Å². The Morgan fingerprint density at radius 2 is 1.94 bits per heavy atom. The molecule has 2 bridgehead atoms. The zero-order valence-corrected chi connectivity index (χ0v) is 19.0. The lowest BCUT2D eigenvalue weighted by molar-refractivity contribution is -0.148. The molecule has 1 spiro atoms. The lowest BCUT2D eigenvalue weighted by atomic mass is 9.65. The van der Waals surface area contributed by atoms with E-state index in [1.54, 1.807) is 0 Å². The lowest BCUT2D eigenvalue weighted by Gasteiger charge is -2.34. The third kappa shape index (κ3) is 3.40. The minimum absolute atomic E-state index is 0.0358. The van der Waals surface area contributed by atoms with E-state index >= 15 is 0 Å². The third-order valence-corrected chi connectivity index (χ3v) is 7.29.